The lowest BCUT2D eigenvalue weighted by Crippen LogP contribution is -2.28. The second kappa shape index (κ2) is 13.9. The predicted octanol–water partition coefficient (Wildman–Crippen LogP) is 12.6. The summed E-state index contributed by atoms with van der Waals surface area (Å²) in [6.07, 6.45) is 0.758. The predicted molar refractivity (Wildman–Crippen MR) is 233 cm³/mol. The molecule has 0 saturated heterocycles. The van der Waals surface area contributed by atoms with Gasteiger partial charge < -0.3 is 13.9 Å². The lowest BCUT2D eigenvalue weighted by molar-refractivity contribution is -0.106. The molecule has 0 fully saturated rings. The largest absolute Gasteiger partial charge is 0.455 e. The van der Waals surface area contributed by atoms with Crippen LogP contribution in [0, 0.1) is 0 Å². The summed E-state index contributed by atoms with van der Waals surface area (Å²) < 4.78 is 8.88. The van der Waals surface area contributed by atoms with E-state index in [1.54, 1.807) is 11.9 Å². The molecule has 6 heteroatoms. The lowest BCUT2D eigenvalue weighted by atomic mass is 9.96. The molecule has 0 atom stereocenters. The number of hydrogen-bond acceptors (Lipinski definition) is 3. The van der Waals surface area contributed by atoms with Crippen molar-refractivity contribution in [2.75, 3.05) is 16.8 Å². The summed E-state index contributed by atoms with van der Waals surface area (Å²) in [6.45, 7) is 0. The Bertz CT molecular complexity index is 3130. The van der Waals surface area contributed by atoms with Crippen LogP contribution in [0.2, 0.25) is 0 Å². The minimum atomic E-state index is -0.227. The summed E-state index contributed by atoms with van der Waals surface area (Å²) >= 11 is 0. The monoisotopic (exact) mass is 737 g/mol. The zero-order chi connectivity index (χ0) is 38.5. The fourth-order valence-electron chi connectivity index (χ4n) is 8.09. The molecule has 0 aliphatic heterocycles. The average molecular weight is 738 g/mol. The zero-order valence-electron chi connectivity index (χ0n) is 31.0. The van der Waals surface area contributed by atoms with Gasteiger partial charge >= 0.3 is 0 Å². The summed E-state index contributed by atoms with van der Waals surface area (Å²) in [6, 6.07) is 62.6. The second-order valence-corrected chi connectivity index (χ2v) is 14.2. The molecule has 57 heavy (non-hydrogen) atoms. The van der Waals surface area contributed by atoms with Gasteiger partial charge in [0.2, 0.25) is 6.41 Å². The normalized spacial score (nSPS) is 11.4. The van der Waals surface area contributed by atoms with Gasteiger partial charge in [-0.05, 0) is 101 Å². The van der Waals surface area contributed by atoms with Gasteiger partial charge in [0, 0.05) is 40.3 Å². The third-order valence-corrected chi connectivity index (χ3v) is 10.9. The Balaban J connectivity index is 1.11. The Kier molecular flexibility index (Phi) is 8.23. The Morgan fingerprint density at radius 1 is 0.544 bits per heavy atom. The number of amides is 2. The molecule has 10 rings (SSSR count). The van der Waals surface area contributed by atoms with Crippen molar-refractivity contribution in [3.8, 4) is 27.9 Å². The summed E-state index contributed by atoms with van der Waals surface area (Å²) in [5.74, 6) is -0.227. The standard InChI is InChI=1S/C51H35N3O3/c1-52(38-16-5-2-6-17-38)51(56)44-31-36(25-28-45(44)53(33-55)39-18-7-3-8-19-39)34-14-13-15-35(30-34)37-24-26-43-47(32-37)54(40-20-9-4-10-21-40)46-29-27-42-41-22-11-12-23-48(41)57-50(42)49(43)46/h2-33H,1H3. The minimum Gasteiger partial charge on any atom is -0.455 e. The number of furan rings is 1. The molecule has 0 N–H and O–H groups in total. The number of rotatable bonds is 8. The van der Waals surface area contributed by atoms with E-state index < -0.39 is 0 Å². The van der Waals surface area contributed by atoms with Crippen LogP contribution in [0.4, 0.5) is 17.1 Å². The highest BCUT2D eigenvalue weighted by molar-refractivity contribution is 6.24. The van der Waals surface area contributed by atoms with Gasteiger partial charge in [0.15, 0.2) is 0 Å². The van der Waals surface area contributed by atoms with Crippen LogP contribution in [-0.2, 0) is 4.79 Å². The maximum absolute atomic E-state index is 14.3. The van der Waals surface area contributed by atoms with Crippen molar-refractivity contribution in [3.63, 3.8) is 0 Å². The van der Waals surface area contributed by atoms with Gasteiger partial charge in [-0.3, -0.25) is 14.5 Å². The molecule has 0 bridgehead atoms. The van der Waals surface area contributed by atoms with Gasteiger partial charge in [0.05, 0.1) is 27.7 Å². The molecule has 8 aromatic carbocycles. The van der Waals surface area contributed by atoms with E-state index in [0.29, 0.717) is 16.9 Å². The number of anilines is 3. The first-order chi connectivity index (χ1) is 28.1. The van der Waals surface area contributed by atoms with E-state index in [4.69, 9.17) is 4.42 Å². The first kappa shape index (κ1) is 33.8. The Hall–Kier alpha value is -7.70. The van der Waals surface area contributed by atoms with E-state index in [0.717, 1.165) is 83.8 Å². The topological polar surface area (TPSA) is 58.7 Å². The average Bonchev–Trinajstić information content (AvgIpc) is 3.83. The van der Waals surface area contributed by atoms with Crippen LogP contribution in [0.25, 0.3) is 71.7 Å². The number of nitrogens with zero attached hydrogens (tertiary/aromatic N) is 3. The number of fused-ring (bicyclic) bond motifs is 7. The molecule has 2 aromatic heterocycles. The van der Waals surface area contributed by atoms with Crippen molar-refractivity contribution in [1.82, 2.24) is 4.57 Å². The summed E-state index contributed by atoms with van der Waals surface area (Å²) in [7, 11) is 1.76. The fourth-order valence-corrected chi connectivity index (χ4v) is 8.09. The fraction of sp³-hybridized carbons (Fsp3) is 0.0196. The molecule has 0 unspecified atom stereocenters. The lowest BCUT2D eigenvalue weighted by Gasteiger charge is -2.24. The van der Waals surface area contributed by atoms with Crippen molar-refractivity contribution in [2.24, 2.45) is 0 Å². The highest BCUT2D eigenvalue weighted by Crippen LogP contribution is 2.42. The molecule has 0 radical (unpaired) electrons. The summed E-state index contributed by atoms with van der Waals surface area (Å²) in [5.41, 5.74) is 11.2. The van der Waals surface area contributed by atoms with E-state index in [2.05, 4.69) is 89.5 Å². The molecular formula is C51H35N3O3. The van der Waals surface area contributed by atoms with Gasteiger partial charge in [0.25, 0.3) is 5.91 Å². The van der Waals surface area contributed by atoms with E-state index in [1.165, 1.54) is 4.90 Å². The molecule has 272 valence electrons. The molecule has 2 heterocycles. The highest BCUT2D eigenvalue weighted by Gasteiger charge is 2.23. The summed E-state index contributed by atoms with van der Waals surface area (Å²) in [4.78, 5) is 30.1. The number of carbonyl (C=O) groups is 2. The molecular weight excluding hydrogens is 703 g/mol. The van der Waals surface area contributed by atoms with E-state index in [-0.39, 0.29) is 5.91 Å². The van der Waals surface area contributed by atoms with E-state index >= 15 is 0 Å². The number of aromatic nitrogens is 1. The third kappa shape index (κ3) is 5.74. The minimum absolute atomic E-state index is 0.227. The highest BCUT2D eigenvalue weighted by atomic mass is 16.3. The van der Waals surface area contributed by atoms with Crippen LogP contribution in [0.5, 0.6) is 0 Å². The molecule has 0 aliphatic rings. The quantitative estimate of drug-likeness (QED) is 0.146. The molecule has 6 nitrogen and oxygen atoms in total. The smallest absolute Gasteiger partial charge is 0.260 e. The van der Waals surface area contributed by atoms with Gasteiger partial charge in [-0.15, -0.1) is 0 Å². The van der Waals surface area contributed by atoms with Crippen LogP contribution in [0.1, 0.15) is 10.4 Å². The van der Waals surface area contributed by atoms with Crippen molar-refractivity contribution in [2.45, 2.75) is 0 Å². The number of para-hydroxylation sites is 4. The van der Waals surface area contributed by atoms with Gasteiger partial charge in [-0.25, -0.2) is 0 Å². The number of hydrogen-bond donors (Lipinski definition) is 0. The van der Waals surface area contributed by atoms with Gasteiger partial charge in [-0.2, -0.15) is 0 Å². The maximum atomic E-state index is 14.3. The van der Waals surface area contributed by atoms with Crippen molar-refractivity contribution < 1.29 is 14.0 Å². The molecule has 2 amide bonds. The van der Waals surface area contributed by atoms with E-state index in [9.17, 15) is 9.59 Å². The maximum Gasteiger partial charge on any atom is 0.260 e. The molecule has 0 saturated carbocycles. The second-order valence-electron chi connectivity index (χ2n) is 14.2. The summed E-state index contributed by atoms with van der Waals surface area (Å²) in [5, 5.41) is 4.39. The SMILES string of the molecule is CN(C(=O)c1cc(-c2cccc(-c3ccc4c5c6oc7ccccc7c6ccc5n(-c5ccccc5)c4c3)c2)ccc1N(C=O)c1ccccc1)c1ccccc1. The Morgan fingerprint density at radius 2 is 1.16 bits per heavy atom. The number of benzene rings is 8. The van der Waals surface area contributed by atoms with Crippen LogP contribution in [-0.4, -0.2) is 23.9 Å². The van der Waals surface area contributed by atoms with Crippen LogP contribution in [0.15, 0.2) is 192 Å². The van der Waals surface area contributed by atoms with Crippen molar-refractivity contribution >= 4 is 73.1 Å². The molecule has 0 aliphatic carbocycles. The van der Waals surface area contributed by atoms with Crippen LogP contribution < -0.4 is 9.80 Å². The van der Waals surface area contributed by atoms with Gasteiger partial charge in [-0.1, -0.05) is 109 Å². The van der Waals surface area contributed by atoms with Crippen molar-refractivity contribution in [1.29, 1.82) is 0 Å². The molecule has 10 aromatic rings. The number of carbonyl (C=O) groups excluding carboxylic acids is 2. The van der Waals surface area contributed by atoms with Crippen LogP contribution in [0.3, 0.4) is 0 Å². The first-order valence-corrected chi connectivity index (χ1v) is 18.9. The van der Waals surface area contributed by atoms with Crippen LogP contribution >= 0.6 is 0 Å². The molecule has 0 spiro atoms. The third-order valence-electron chi connectivity index (χ3n) is 10.9. The first-order valence-electron chi connectivity index (χ1n) is 18.9. The Labute approximate surface area is 329 Å². The zero-order valence-corrected chi connectivity index (χ0v) is 31.0. The van der Waals surface area contributed by atoms with Gasteiger partial charge in [0.1, 0.15) is 11.2 Å². The van der Waals surface area contributed by atoms with Crippen molar-refractivity contribution in [3.05, 3.63) is 194 Å². The Morgan fingerprint density at radius 3 is 1.89 bits per heavy atom. The van der Waals surface area contributed by atoms with E-state index in [1.807, 2.05) is 103 Å².